The average molecular weight is 306 g/mol. The first-order valence-corrected chi connectivity index (χ1v) is 8.05. The first-order chi connectivity index (χ1) is 10.3. The molecule has 0 unspecified atom stereocenters. The van der Waals surface area contributed by atoms with Gasteiger partial charge in [-0.2, -0.15) is 0 Å². The number of para-hydroxylation sites is 1. The predicted molar refractivity (Wildman–Crippen MR) is 85.8 cm³/mol. The number of methoxy groups -OCH3 is 1. The van der Waals surface area contributed by atoms with Gasteiger partial charge in [-0.3, -0.25) is 0 Å². The Bertz CT molecular complexity index is 543. The number of aryl methyl sites for hydroxylation is 1. The number of hydrogen-bond acceptors (Lipinski definition) is 5. The fraction of sp³-hybridized carbons (Fsp3) is 0.438. The van der Waals surface area contributed by atoms with Gasteiger partial charge in [-0.25, -0.2) is 4.98 Å². The fourth-order valence-electron chi connectivity index (χ4n) is 1.92. The van der Waals surface area contributed by atoms with Crippen LogP contribution in [0.1, 0.15) is 23.2 Å². The minimum absolute atomic E-state index is 0.519. The van der Waals surface area contributed by atoms with Crippen molar-refractivity contribution in [1.29, 1.82) is 0 Å². The van der Waals surface area contributed by atoms with Gasteiger partial charge in [-0.15, -0.1) is 11.3 Å². The molecule has 0 fully saturated rings. The first kappa shape index (κ1) is 15.9. The minimum Gasteiger partial charge on any atom is -0.487 e. The molecule has 0 aliphatic carbocycles. The molecule has 2 rings (SSSR count). The van der Waals surface area contributed by atoms with Crippen LogP contribution in [-0.4, -0.2) is 25.2 Å². The van der Waals surface area contributed by atoms with Crippen LogP contribution in [0.2, 0.25) is 0 Å². The molecular formula is C16H22N2O2S. The van der Waals surface area contributed by atoms with Gasteiger partial charge in [-0.05, 0) is 12.5 Å². The van der Waals surface area contributed by atoms with E-state index >= 15 is 0 Å². The number of hydrogen-bond donors (Lipinski definition) is 1. The summed E-state index contributed by atoms with van der Waals surface area (Å²) in [6, 6.07) is 8.10. The number of ether oxygens (including phenoxy) is 2. The Kier molecular flexibility index (Phi) is 6.66. The highest BCUT2D eigenvalue weighted by atomic mass is 32.1. The number of thiazole rings is 1. The summed E-state index contributed by atoms with van der Waals surface area (Å²) in [5.41, 5.74) is 2.15. The third-order valence-electron chi connectivity index (χ3n) is 3.05. The molecule has 0 radical (unpaired) electrons. The molecule has 0 atom stereocenters. The van der Waals surface area contributed by atoms with Crippen LogP contribution in [0, 0.1) is 0 Å². The number of benzene rings is 1. The van der Waals surface area contributed by atoms with Crippen LogP contribution >= 0.6 is 11.3 Å². The van der Waals surface area contributed by atoms with Crippen LogP contribution in [0.5, 0.6) is 5.75 Å². The lowest BCUT2D eigenvalue weighted by atomic mass is 10.2. The maximum absolute atomic E-state index is 5.91. The van der Waals surface area contributed by atoms with Crippen molar-refractivity contribution in [2.45, 2.75) is 26.5 Å². The molecule has 2 aromatic rings. The highest BCUT2D eigenvalue weighted by Crippen LogP contribution is 2.20. The molecule has 0 aliphatic rings. The summed E-state index contributed by atoms with van der Waals surface area (Å²) in [6.07, 6.45) is 0.977. The molecule has 1 aromatic carbocycles. The zero-order chi connectivity index (χ0) is 14.9. The number of nitrogens with zero attached hydrogens (tertiary/aromatic N) is 1. The number of rotatable bonds is 9. The zero-order valence-electron chi connectivity index (χ0n) is 12.6. The molecule has 1 N–H and O–H groups in total. The van der Waals surface area contributed by atoms with E-state index in [0.29, 0.717) is 13.2 Å². The Balaban J connectivity index is 1.89. The summed E-state index contributed by atoms with van der Waals surface area (Å²) in [4.78, 5) is 4.52. The Labute approximate surface area is 130 Å². The molecule has 0 saturated heterocycles. The van der Waals surface area contributed by atoms with Gasteiger partial charge >= 0.3 is 0 Å². The largest absolute Gasteiger partial charge is 0.487 e. The van der Waals surface area contributed by atoms with Crippen LogP contribution < -0.4 is 10.1 Å². The average Bonchev–Trinajstić information content (AvgIpc) is 2.98. The van der Waals surface area contributed by atoms with Crippen LogP contribution in [0.3, 0.4) is 0 Å². The van der Waals surface area contributed by atoms with E-state index in [4.69, 9.17) is 9.47 Å². The molecule has 0 aliphatic heterocycles. The molecule has 21 heavy (non-hydrogen) atoms. The van der Waals surface area contributed by atoms with Crippen molar-refractivity contribution in [1.82, 2.24) is 10.3 Å². The van der Waals surface area contributed by atoms with Crippen LogP contribution in [0.4, 0.5) is 0 Å². The van der Waals surface area contributed by atoms with Gasteiger partial charge in [0.1, 0.15) is 12.4 Å². The highest BCUT2D eigenvalue weighted by Gasteiger charge is 2.05. The van der Waals surface area contributed by atoms with Gasteiger partial charge in [0.05, 0.1) is 17.3 Å². The smallest absolute Gasteiger partial charge is 0.131 e. The Hall–Kier alpha value is -1.43. The summed E-state index contributed by atoms with van der Waals surface area (Å²) < 4.78 is 10.9. The maximum Gasteiger partial charge on any atom is 0.131 e. The van der Waals surface area contributed by atoms with Crippen molar-refractivity contribution < 1.29 is 9.47 Å². The lowest BCUT2D eigenvalue weighted by Crippen LogP contribution is -2.19. The monoisotopic (exact) mass is 306 g/mol. The van der Waals surface area contributed by atoms with Gasteiger partial charge < -0.3 is 14.8 Å². The van der Waals surface area contributed by atoms with Crippen LogP contribution in [-0.2, 0) is 24.3 Å². The molecule has 1 aromatic heterocycles. The van der Waals surface area contributed by atoms with Crippen molar-refractivity contribution in [3.05, 3.63) is 45.9 Å². The van der Waals surface area contributed by atoms with Gasteiger partial charge in [0, 0.05) is 31.1 Å². The van der Waals surface area contributed by atoms with Gasteiger partial charge in [0.2, 0.25) is 0 Å². The second-order valence-electron chi connectivity index (χ2n) is 4.65. The lowest BCUT2D eigenvalue weighted by Gasteiger charge is -2.11. The van der Waals surface area contributed by atoms with Crippen molar-refractivity contribution in [3.63, 3.8) is 0 Å². The Morgan fingerprint density at radius 3 is 2.90 bits per heavy atom. The number of aromatic nitrogens is 1. The standard InChI is InChI=1S/C16H22N2O2S/c1-3-16-18-14(12-21-16)11-20-15-7-5-4-6-13(15)10-17-8-9-19-2/h4-7,12,17H,3,8-11H2,1-2H3. The van der Waals surface area contributed by atoms with Crippen LogP contribution in [0.15, 0.2) is 29.6 Å². The van der Waals surface area contributed by atoms with E-state index in [0.717, 1.165) is 41.5 Å². The van der Waals surface area contributed by atoms with E-state index in [-0.39, 0.29) is 0 Å². The van der Waals surface area contributed by atoms with E-state index in [1.165, 1.54) is 0 Å². The topological polar surface area (TPSA) is 43.4 Å². The van der Waals surface area contributed by atoms with Crippen molar-refractivity contribution in [2.24, 2.45) is 0 Å². The molecule has 0 saturated carbocycles. The van der Waals surface area contributed by atoms with Crippen molar-refractivity contribution >= 4 is 11.3 Å². The lowest BCUT2D eigenvalue weighted by molar-refractivity contribution is 0.199. The van der Waals surface area contributed by atoms with E-state index in [9.17, 15) is 0 Å². The third kappa shape index (κ3) is 5.12. The van der Waals surface area contributed by atoms with Crippen LogP contribution in [0.25, 0.3) is 0 Å². The molecule has 5 heteroatoms. The molecule has 1 heterocycles. The van der Waals surface area contributed by atoms with Gasteiger partial charge in [-0.1, -0.05) is 25.1 Å². The van der Waals surface area contributed by atoms with E-state index in [1.54, 1.807) is 18.4 Å². The van der Waals surface area contributed by atoms with Gasteiger partial charge in [0.25, 0.3) is 0 Å². The molecule has 114 valence electrons. The molecule has 4 nitrogen and oxygen atoms in total. The van der Waals surface area contributed by atoms with Crippen molar-refractivity contribution in [3.8, 4) is 5.75 Å². The van der Waals surface area contributed by atoms with E-state index in [1.807, 2.05) is 18.2 Å². The third-order valence-corrected chi connectivity index (χ3v) is 4.09. The summed E-state index contributed by atoms with van der Waals surface area (Å²) >= 11 is 1.69. The molecular weight excluding hydrogens is 284 g/mol. The predicted octanol–water partition coefficient (Wildman–Crippen LogP) is 3.02. The second kappa shape index (κ2) is 8.77. The molecule has 0 amide bonds. The summed E-state index contributed by atoms with van der Waals surface area (Å²) in [7, 11) is 1.71. The summed E-state index contributed by atoms with van der Waals surface area (Å²) in [6.45, 7) is 4.95. The fourth-order valence-corrected chi connectivity index (χ4v) is 2.65. The second-order valence-corrected chi connectivity index (χ2v) is 5.59. The Morgan fingerprint density at radius 1 is 1.29 bits per heavy atom. The first-order valence-electron chi connectivity index (χ1n) is 7.17. The summed E-state index contributed by atoms with van der Waals surface area (Å²) in [5, 5.41) is 6.56. The highest BCUT2D eigenvalue weighted by molar-refractivity contribution is 7.09. The van der Waals surface area contributed by atoms with E-state index < -0.39 is 0 Å². The quantitative estimate of drug-likeness (QED) is 0.723. The SMILES string of the molecule is CCc1nc(COc2ccccc2CNCCOC)cs1. The molecule has 0 spiro atoms. The Morgan fingerprint density at radius 2 is 2.14 bits per heavy atom. The number of nitrogens with one attached hydrogen (secondary N) is 1. The minimum atomic E-state index is 0.519. The van der Waals surface area contributed by atoms with Gasteiger partial charge in [0.15, 0.2) is 0 Å². The normalized spacial score (nSPS) is 10.8. The van der Waals surface area contributed by atoms with Crippen molar-refractivity contribution in [2.75, 3.05) is 20.3 Å². The maximum atomic E-state index is 5.91. The summed E-state index contributed by atoms with van der Waals surface area (Å²) in [5.74, 6) is 0.911. The molecule has 0 bridgehead atoms. The zero-order valence-corrected chi connectivity index (χ0v) is 13.4. The van der Waals surface area contributed by atoms with E-state index in [2.05, 4.69) is 28.7 Å².